The summed E-state index contributed by atoms with van der Waals surface area (Å²) >= 11 is 1.69. The molecule has 0 spiro atoms. The van der Waals surface area contributed by atoms with Gasteiger partial charge in [0.25, 0.3) is 0 Å². The average Bonchev–Trinajstić information content (AvgIpc) is 2.64. The summed E-state index contributed by atoms with van der Waals surface area (Å²) in [5.74, 6) is 0. The van der Waals surface area contributed by atoms with Crippen molar-refractivity contribution in [1.29, 1.82) is 0 Å². The number of rotatable bonds is 2. The number of hydrogen-bond donors (Lipinski definition) is 1. The first-order chi connectivity index (χ1) is 8.70. The second-order valence-corrected chi connectivity index (χ2v) is 7.50. The molecule has 3 nitrogen and oxygen atoms in total. The predicted octanol–water partition coefficient (Wildman–Crippen LogP) is 4.06. The Bertz CT molecular complexity index is 595. The van der Waals surface area contributed by atoms with Gasteiger partial charge in [-0.1, -0.05) is 20.8 Å². The van der Waals surface area contributed by atoms with Crippen molar-refractivity contribution in [1.82, 2.24) is 4.98 Å². The third kappa shape index (κ3) is 2.68. The van der Waals surface area contributed by atoms with Crippen LogP contribution in [0.25, 0.3) is 10.2 Å². The maximum atomic E-state index is 6.22. The molecule has 0 saturated heterocycles. The van der Waals surface area contributed by atoms with Gasteiger partial charge in [-0.3, -0.25) is 0 Å². The van der Waals surface area contributed by atoms with E-state index in [1.807, 2.05) is 13.0 Å². The van der Waals surface area contributed by atoms with Crippen molar-refractivity contribution in [3.05, 3.63) is 17.1 Å². The number of thiazole rings is 1. The van der Waals surface area contributed by atoms with Gasteiger partial charge in [0.2, 0.25) is 0 Å². The minimum atomic E-state index is 0.203. The smallest absolute Gasteiger partial charge is 0.0907 e. The predicted molar refractivity (Wildman–Crippen MR) is 86.1 cm³/mol. The molecule has 2 aromatic rings. The van der Waals surface area contributed by atoms with Gasteiger partial charge >= 0.3 is 0 Å². The van der Waals surface area contributed by atoms with Crippen LogP contribution in [0.4, 0.5) is 11.4 Å². The summed E-state index contributed by atoms with van der Waals surface area (Å²) in [5.41, 5.74) is 9.36. The van der Waals surface area contributed by atoms with E-state index in [-0.39, 0.29) is 5.41 Å². The highest BCUT2D eigenvalue weighted by atomic mass is 32.1. The van der Waals surface area contributed by atoms with E-state index in [0.29, 0.717) is 6.04 Å². The van der Waals surface area contributed by atoms with Crippen molar-refractivity contribution in [2.24, 2.45) is 5.41 Å². The Kier molecular flexibility index (Phi) is 3.47. The van der Waals surface area contributed by atoms with Crippen LogP contribution in [0.3, 0.4) is 0 Å². The van der Waals surface area contributed by atoms with E-state index >= 15 is 0 Å². The van der Waals surface area contributed by atoms with E-state index < -0.39 is 0 Å². The lowest BCUT2D eigenvalue weighted by atomic mass is 9.87. The van der Waals surface area contributed by atoms with Gasteiger partial charge in [0.1, 0.15) is 0 Å². The Labute approximate surface area is 119 Å². The van der Waals surface area contributed by atoms with Crippen LogP contribution < -0.4 is 10.6 Å². The van der Waals surface area contributed by atoms with Crippen molar-refractivity contribution in [2.45, 2.75) is 40.7 Å². The molecule has 0 amide bonds. The molecule has 0 aliphatic carbocycles. The number of anilines is 2. The van der Waals surface area contributed by atoms with Gasteiger partial charge in [-0.15, -0.1) is 11.3 Å². The summed E-state index contributed by atoms with van der Waals surface area (Å²) in [5, 5.41) is 1.08. The first-order valence-corrected chi connectivity index (χ1v) is 7.41. The molecule has 0 fully saturated rings. The molecule has 1 unspecified atom stereocenters. The molecule has 2 rings (SSSR count). The van der Waals surface area contributed by atoms with Crippen LogP contribution in [0.1, 0.15) is 32.7 Å². The molecule has 1 aromatic heterocycles. The van der Waals surface area contributed by atoms with Crippen LogP contribution in [-0.2, 0) is 0 Å². The van der Waals surface area contributed by atoms with E-state index in [2.05, 4.69) is 50.7 Å². The van der Waals surface area contributed by atoms with Gasteiger partial charge in [0, 0.05) is 13.1 Å². The van der Waals surface area contributed by atoms with Crippen LogP contribution in [0.5, 0.6) is 0 Å². The minimum absolute atomic E-state index is 0.203. The van der Waals surface area contributed by atoms with Gasteiger partial charge in [0.15, 0.2) is 0 Å². The van der Waals surface area contributed by atoms with Crippen LogP contribution >= 0.6 is 11.3 Å². The number of nitrogens with zero attached hydrogens (tertiary/aromatic N) is 2. The molecular formula is C15H23N3S. The molecule has 1 heterocycles. The Morgan fingerprint density at radius 3 is 2.53 bits per heavy atom. The van der Waals surface area contributed by atoms with E-state index in [0.717, 1.165) is 26.6 Å². The normalized spacial score (nSPS) is 13.8. The highest BCUT2D eigenvalue weighted by Gasteiger charge is 2.25. The summed E-state index contributed by atoms with van der Waals surface area (Å²) in [6, 6.07) is 4.55. The molecule has 0 saturated carbocycles. The quantitative estimate of drug-likeness (QED) is 0.842. The molecular weight excluding hydrogens is 254 g/mol. The third-order valence-electron chi connectivity index (χ3n) is 3.86. The number of aromatic nitrogens is 1. The summed E-state index contributed by atoms with van der Waals surface area (Å²) in [4.78, 5) is 6.81. The topological polar surface area (TPSA) is 42.2 Å². The fourth-order valence-corrected chi connectivity index (χ4v) is 3.05. The van der Waals surface area contributed by atoms with Crippen molar-refractivity contribution in [3.8, 4) is 0 Å². The monoisotopic (exact) mass is 277 g/mol. The fourth-order valence-electron chi connectivity index (χ4n) is 2.19. The fraction of sp³-hybridized carbons (Fsp3) is 0.533. The highest BCUT2D eigenvalue weighted by molar-refractivity contribution is 7.18. The van der Waals surface area contributed by atoms with Crippen molar-refractivity contribution < 1.29 is 0 Å². The minimum Gasteiger partial charge on any atom is -0.397 e. The lowest BCUT2D eigenvalue weighted by molar-refractivity contribution is 0.330. The highest BCUT2D eigenvalue weighted by Crippen LogP contribution is 2.35. The van der Waals surface area contributed by atoms with E-state index in [4.69, 9.17) is 5.73 Å². The number of benzene rings is 1. The molecule has 1 aromatic carbocycles. The zero-order valence-electron chi connectivity index (χ0n) is 12.6. The molecule has 0 aliphatic rings. The average molecular weight is 277 g/mol. The standard InChI is InChI=1S/C15H23N3S/c1-9(15(3,4)5)18(6)13-8-12-14(7-11(13)16)19-10(2)17-12/h7-9H,16H2,1-6H3. The van der Waals surface area contributed by atoms with E-state index in [1.54, 1.807) is 11.3 Å². The number of hydrogen-bond acceptors (Lipinski definition) is 4. The van der Waals surface area contributed by atoms with Gasteiger partial charge in [-0.05, 0) is 31.4 Å². The van der Waals surface area contributed by atoms with Crippen LogP contribution in [0.15, 0.2) is 12.1 Å². The lowest BCUT2D eigenvalue weighted by Crippen LogP contribution is -2.39. The molecule has 104 valence electrons. The first kappa shape index (κ1) is 14.1. The second kappa shape index (κ2) is 4.67. The Morgan fingerprint density at radius 2 is 1.95 bits per heavy atom. The van der Waals surface area contributed by atoms with Gasteiger partial charge in [-0.25, -0.2) is 4.98 Å². The van der Waals surface area contributed by atoms with E-state index in [9.17, 15) is 0 Å². The Morgan fingerprint density at radius 1 is 1.32 bits per heavy atom. The largest absolute Gasteiger partial charge is 0.397 e. The zero-order valence-corrected chi connectivity index (χ0v) is 13.4. The summed E-state index contributed by atoms with van der Waals surface area (Å²) in [7, 11) is 2.10. The molecule has 4 heteroatoms. The second-order valence-electron chi connectivity index (χ2n) is 6.26. The summed E-state index contributed by atoms with van der Waals surface area (Å²) < 4.78 is 1.16. The van der Waals surface area contributed by atoms with Crippen LogP contribution in [-0.4, -0.2) is 18.1 Å². The molecule has 0 radical (unpaired) electrons. The van der Waals surface area contributed by atoms with Gasteiger partial charge < -0.3 is 10.6 Å². The molecule has 0 aliphatic heterocycles. The van der Waals surface area contributed by atoms with Crippen molar-refractivity contribution in [2.75, 3.05) is 17.7 Å². The number of aryl methyl sites for hydroxylation is 1. The number of nitrogen functional groups attached to an aromatic ring is 1. The van der Waals surface area contributed by atoms with Crippen LogP contribution in [0, 0.1) is 12.3 Å². The van der Waals surface area contributed by atoms with Gasteiger partial charge in [-0.2, -0.15) is 0 Å². The molecule has 1 atom stereocenters. The van der Waals surface area contributed by atoms with Crippen molar-refractivity contribution >= 4 is 32.9 Å². The maximum absolute atomic E-state index is 6.22. The maximum Gasteiger partial charge on any atom is 0.0907 e. The van der Waals surface area contributed by atoms with Crippen LogP contribution in [0.2, 0.25) is 0 Å². The SMILES string of the molecule is Cc1nc2cc(N(C)C(C)C(C)(C)C)c(N)cc2s1. The van der Waals surface area contributed by atoms with E-state index in [1.165, 1.54) is 0 Å². The third-order valence-corrected chi connectivity index (χ3v) is 4.79. The van der Waals surface area contributed by atoms with Crippen molar-refractivity contribution in [3.63, 3.8) is 0 Å². The lowest BCUT2D eigenvalue weighted by Gasteiger charge is -2.37. The summed E-state index contributed by atoms with van der Waals surface area (Å²) in [6.45, 7) is 11.0. The number of nitrogens with two attached hydrogens (primary N) is 1. The molecule has 2 N–H and O–H groups in total. The molecule has 0 bridgehead atoms. The first-order valence-electron chi connectivity index (χ1n) is 6.59. The molecule has 19 heavy (non-hydrogen) atoms. The summed E-state index contributed by atoms with van der Waals surface area (Å²) in [6.07, 6.45) is 0. The van der Waals surface area contributed by atoms with Gasteiger partial charge in [0.05, 0.1) is 26.6 Å². The number of fused-ring (bicyclic) bond motifs is 1. The zero-order chi connectivity index (χ0) is 14.4. The Hall–Kier alpha value is -1.29. The Balaban J connectivity index is 2.47.